The Labute approximate surface area is 245 Å². The van der Waals surface area contributed by atoms with Crippen molar-refractivity contribution in [3.05, 3.63) is 102 Å². The standard InChI is InChI=1S/C33H35N3O6/c1-40-31-8-3-2-6-26(31)22-41-18-5-19-42-27-13-11-23(12-14-27)28-15-17-36(33(38)39)21-30(28)35-32(37)25-10-9-24-7-4-16-34-29(24)20-25/h2-4,6-14,16,20,28,30H,5,15,17-19,21-22H2,1H3,(H,35,37)(H,38,39). The number of para-hydroxylation sites is 1. The van der Waals surface area contributed by atoms with Gasteiger partial charge in [-0.25, -0.2) is 4.79 Å². The Morgan fingerprint density at radius 3 is 2.67 bits per heavy atom. The fraction of sp³-hybridized carbons (Fsp3) is 0.303. The van der Waals surface area contributed by atoms with Crippen molar-refractivity contribution in [1.29, 1.82) is 0 Å². The number of benzene rings is 3. The van der Waals surface area contributed by atoms with Gasteiger partial charge in [-0.15, -0.1) is 0 Å². The summed E-state index contributed by atoms with van der Waals surface area (Å²) in [4.78, 5) is 30.7. The van der Waals surface area contributed by atoms with Crippen LogP contribution in [0.2, 0.25) is 0 Å². The lowest BCUT2D eigenvalue weighted by molar-refractivity contribution is 0.0868. The van der Waals surface area contributed by atoms with Gasteiger partial charge in [-0.2, -0.15) is 0 Å². The van der Waals surface area contributed by atoms with Gasteiger partial charge in [0.15, 0.2) is 0 Å². The van der Waals surface area contributed by atoms with Gasteiger partial charge in [0.1, 0.15) is 11.5 Å². The van der Waals surface area contributed by atoms with Crippen LogP contribution in [0.5, 0.6) is 11.5 Å². The first-order chi connectivity index (χ1) is 20.5. The summed E-state index contributed by atoms with van der Waals surface area (Å²) >= 11 is 0. The highest BCUT2D eigenvalue weighted by atomic mass is 16.5. The third kappa shape index (κ3) is 7.16. The summed E-state index contributed by atoms with van der Waals surface area (Å²) in [6.07, 6.45) is 2.04. The molecule has 4 aromatic rings. The molecule has 1 aliphatic rings. The predicted molar refractivity (Wildman–Crippen MR) is 159 cm³/mol. The number of fused-ring (bicyclic) bond motifs is 1. The second-order valence-corrected chi connectivity index (χ2v) is 10.3. The van der Waals surface area contributed by atoms with Crippen LogP contribution >= 0.6 is 0 Å². The summed E-state index contributed by atoms with van der Waals surface area (Å²) in [6, 6.07) is 24.4. The molecular weight excluding hydrogens is 534 g/mol. The molecular formula is C33H35N3O6. The lowest BCUT2D eigenvalue weighted by Gasteiger charge is -2.38. The van der Waals surface area contributed by atoms with E-state index in [-0.39, 0.29) is 24.4 Å². The van der Waals surface area contributed by atoms with E-state index in [0.717, 1.165) is 39.9 Å². The number of hydrogen-bond acceptors (Lipinski definition) is 6. The molecule has 0 bridgehead atoms. The molecule has 1 aliphatic heterocycles. The maximum absolute atomic E-state index is 13.2. The molecule has 218 valence electrons. The summed E-state index contributed by atoms with van der Waals surface area (Å²) in [5, 5.41) is 13.7. The molecule has 2 unspecified atom stereocenters. The molecule has 0 spiro atoms. The van der Waals surface area contributed by atoms with Gasteiger partial charge < -0.3 is 29.5 Å². The summed E-state index contributed by atoms with van der Waals surface area (Å²) in [6.45, 7) is 2.17. The van der Waals surface area contributed by atoms with E-state index in [1.54, 1.807) is 25.4 Å². The van der Waals surface area contributed by atoms with Crippen LogP contribution in [0.25, 0.3) is 10.9 Å². The Morgan fingerprint density at radius 2 is 1.86 bits per heavy atom. The Bertz CT molecular complexity index is 1510. The minimum atomic E-state index is -0.988. The second kappa shape index (κ2) is 13.8. The first-order valence-electron chi connectivity index (χ1n) is 14.1. The van der Waals surface area contributed by atoms with E-state index >= 15 is 0 Å². The van der Waals surface area contributed by atoms with Gasteiger partial charge >= 0.3 is 6.09 Å². The number of nitrogens with one attached hydrogen (secondary N) is 1. The molecule has 0 aliphatic carbocycles. The number of aromatic nitrogens is 1. The van der Waals surface area contributed by atoms with Crippen LogP contribution in [0.3, 0.4) is 0 Å². The van der Waals surface area contributed by atoms with E-state index in [1.165, 1.54) is 4.90 Å². The highest BCUT2D eigenvalue weighted by Gasteiger charge is 2.33. The number of pyridine rings is 1. The van der Waals surface area contributed by atoms with Gasteiger partial charge in [0.2, 0.25) is 0 Å². The van der Waals surface area contributed by atoms with E-state index in [9.17, 15) is 14.7 Å². The number of hydrogen-bond donors (Lipinski definition) is 2. The van der Waals surface area contributed by atoms with Gasteiger partial charge in [0.25, 0.3) is 5.91 Å². The van der Waals surface area contributed by atoms with E-state index in [2.05, 4.69) is 10.3 Å². The quantitative estimate of drug-likeness (QED) is 0.230. The first kappa shape index (κ1) is 28.9. The topological polar surface area (TPSA) is 110 Å². The molecule has 1 fully saturated rings. The van der Waals surface area contributed by atoms with Gasteiger partial charge in [-0.3, -0.25) is 9.78 Å². The molecule has 2 heterocycles. The number of likely N-dealkylation sites (tertiary alicyclic amines) is 1. The SMILES string of the molecule is COc1ccccc1COCCCOc1ccc(C2CCN(C(=O)O)CC2NC(=O)c2ccc3cccnc3c2)cc1. The van der Waals surface area contributed by atoms with Crippen LogP contribution in [0.1, 0.15) is 40.2 Å². The third-order valence-electron chi connectivity index (χ3n) is 7.53. The van der Waals surface area contributed by atoms with Crippen LogP contribution in [0.15, 0.2) is 85.1 Å². The number of piperidine rings is 1. The lowest BCUT2D eigenvalue weighted by Crippen LogP contribution is -2.52. The van der Waals surface area contributed by atoms with Crippen LogP contribution in [-0.4, -0.2) is 66.4 Å². The van der Waals surface area contributed by atoms with Crippen molar-refractivity contribution in [3.8, 4) is 11.5 Å². The Balaban J connectivity index is 1.16. The zero-order valence-electron chi connectivity index (χ0n) is 23.6. The number of nitrogens with zero attached hydrogens (tertiary/aromatic N) is 2. The minimum Gasteiger partial charge on any atom is -0.496 e. The highest BCUT2D eigenvalue weighted by Crippen LogP contribution is 2.30. The van der Waals surface area contributed by atoms with Gasteiger partial charge in [0, 0.05) is 48.1 Å². The molecule has 42 heavy (non-hydrogen) atoms. The van der Waals surface area contributed by atoms with Crippen molar-refractivity contribution >= 4 is 22.9 Å². The van der Waals surface area contributed by atoms with Crippen molar-refractivity contribution in [2.45, 2.75) is 31.4 Å². The van der Waals surface area contributed by atoms with E-state index in [1.807, 2.05) is 66.7 Å². The highest BCUT2D eigenvalue weighted by molar-refractivity contribution is 5.98. The minimum absolute atomic E-state index is 0.0411. The van der Waals surface area contributed by atoms with Crippen LogP contribution < -0.4 is 14.8 Å². The van der Waals surface area contributed by atoms with Crippen LogP contribution in [-0.2, 0) is 11.3 Å². The Kier molecular flexibility index (Phi) is 9.51. The van der Waals surface area contributed by atoms with Crippen molar-refractivity contribution in [1.82, 2.24) is 15.2 Å². The molecule has 2 amide bonds. The fourth-order valence-corrected chi connectivity index (χ4v) is 5.30. The monoisotopic (exact) mass is 569 g/mol. The molecule has 1 aromatic heterocycles. The lowest BCUT2D eigenvalue weighted by atomic mass is 9.85. The van der Waals surface area contributed by atoms with Crippen molar-refractivity contribution in [2.75, 3.05) is 33.4 Å². The number of amides is 2. The Hall–Kier alpha value is -4.63. The molecule has 3 aromatic carbocycles. The van der Waals surface area contributed by atoms with Crippen molar-refractivity contribution in [2.24, 2.45) is 0 Å². The molecule has 0 saturated carbocycles. The average molecular weight is 570 g/mol. The molecule has 1 saturated heterocycles. The van der Waals surface area contributed by atoms with Gasteiger partial charge in [-0.05, 0) is 48.4 Å². The van der Waals surface area contributed by atoms with E-state index in [0.29, 0.717) is 38.3 Å². The largest absolute Gasteiger partial charge is 0.496 e. The maximum Gasteiger partial charge on any atom is 0.407 e. The van der Waals surface area contributed by atoms with Crippen LogP contribution in [0.4, 0.5) is 4.79 Å². The number of methoxy groups -OCH3 is 1. The fourth-order valence-electron chi connectivity index (χ4n) is 5.30. The summed E-state index contributed by atoms with van der Waals surface area (Å²) < 4.78 is 17.0. The molecule has 0 radical (unpaired) electrons. The summed E-state index contributed by atoms with van der Waals surface area (Å²) in [7, 11) is 1.65. The Morgan fingerprint density at radius 1 is 1.02 bits per heavy atom. The van der Waals surface area contributed by atoms with Gasteiger partial charge in [-0.1, -0.05) is 42.5 Å². The molecule has 2 atom stereocenters. The summed E-state index contributed by atoms with van der Waals surface area (Å²) in [5.41, 5.74) is 3.26. The zero-order valence-corrected chi connectivity index (χ0v) is 23.6. The average Bonchev–Trinajstić information content (AvgIpc) is 3.03. The second-order valence-electron chi connectivity index (χ2n) is 10.3. The molecule has 9 nitrogen and oxygen atoms in total. The number of carbonyl (C=O) groups is 2. The van der Waals surface area contributed by atoms with E-state index < -0.39 is 6.09 Å². The molecule has 5 rings (SSSR count). The first-order valence-corrected chi connectivity index (χ1v) is 14.1. The van der Waals surface area contributed by atoms with Crippen LogP contribution in [0, 0.1) is 0 Å². The number of rotatable bonds is 11. The predicted octanol–water partition coefficient (Wildman–Crippen LogP) is 5.50. The summed E-state index contributed by atoms with van der Waals surface area (Å²) in [5.74, 6) is 1.27. The van der Waals surface area contributed by atoms with Crippen molar-refractivity contribution in [3.63, 3.8) is 0 Å². The smallest absolute Gasteiger partial charge is 0.407 e. The van der Waals surface area contributed by atoms with Crippen molar-refractivity contribution < 1.29 is 28.9 Å². The molecule has 2 N–H and O–H groups in total. The number of carbonyl (C=O) groups excluding carboxylic acids is 1. The van der Waals surface area contributed by atoms with Gasteiger partial charge in [0.05, 0.1) is 38.5 Å². The normalized spacial score (nSPS) is 16.6. The van der Waals surface area contributed by atoms with E-state index in [4.69, 9.17) is 14.2 Å². The molecule has 9 heteroatoms. The zero-order chi connectivity index (χ0) is 29.3. The third-order valence-corrected chi connectivity index (χ3v) is 7.53. The number of ether oxygens (including phenoxy) is 3. The maximum atomic E-state index is 13.2. The number of carboxylic acid groups (broad SMARTS) is 1.